The second-order valence-electron chi connectivity index (χ2n) is 9.40. The first-order valence-corrected chi connectivity index (χ1v) is 11.5. The lowest BCUT2D eigenvalue weighted by Gasteiger charge is -2.26. The van der Waals surface area contributed by atoms with Crippen molar-refractivity contribution in [1.82, 2.24) is 9.80 Å². The van der Waals surface area contributed by atoms with E-state index in [9.17, 15) is 0 Å². The van der Waals surface area contributed by atoms with E-state index in [1.165, 1.54) is 62.8 Å². The average molecular weight is 399 g/mol. The molecule has 0 aliphatic heterocycles. The summed E-state index contributed by atoms with van der Waals surface area (Å²) in [6.45, 7) is 19.4. The zero-order valence-electron chi connectivity index (χ0n) is 20.1. The summed E-state index contributed by atoms with van der Waals surface area (Å²) in [7, 11) is 4.39. The Balaban J connectivity index is 2.17. The maximum absolute atomic E-state index is 4.15. The molecule has 0 amide bonds. The van der Waals surface area contributed by atoms with Gasteiger partial charge in [0.1, 0.15) is 0 Å². The molecule has 0 bridgehead atoms. The molecule has 0 aromatic rings. The van der Waals surface area contributed by atoms with Crippen LogP contribution in [0.4, 0.5) is 0 Å². The summed E-state index contributed by atoms with van der Waals surface area (Å²) in [5.74, 6) is 1.58. The first-order chi connectivity index (χ1) is 13.7. The van der Waals surface area contributed by atoms with E-state index in [-0.39, 0.29) is 0 Å². The molecule has 1 rings (SSSR count). The van der Waals surface area contributed by atoms with Gasteiger partial charge in [-0.2, -0.15) is 0 Å². The molecule has 2 unspecified atom stereocenters. The van der Waals surface area contributed by atoms with Crippen LogP contribution < -0.4 is 0 Å². The molecule has 0 aromatic carbocycles. The summed E-state index contributed by atoms with van der Waals surface area (Å²) < 4.78 is 0. The van der Waals surface area contributed by atoms with E-state index in [1.54, 1.807) is 0 Å². The van der Waals surface area contributed by atoms with Gasteiger partial charge in [-0.15, -0.1) is 0 Å². The Hall–Kier alpha value is -1.70. The molecule has 0 fully saturated rings. The van der Waals surface area contributed by atoms with Crippen LogP contribution in [0, 0.1) is 11.8 Å². The van der Waals surface area contributed by atoms with Gasteiger partial charge in [0, 0.05) is 38.6 Å². The molecule has 2 heteroatoms. The van der Waals surface area contributed by atoms with Gasteiger partial charge in [-0.3, -0.25) is 0 Å². The van der Waals surface area contributed by atoms with Crippen molar-refractivity contribution in [1.29, 1.82) is 0 Å². The van der Waals surface area contributed by atoms with Gasteiger partial charge in [0.25, 0.3) is 0 Å². The molecule has 1 aliphatic rings. The number of likely N-dealkylation sites (N-methyl/N-ethyl adjacent to an activating group) is 1. The predicted molar refractivity (Wildman–Crippen MR) is 131 cm³/mol. The molecule has 0 heterocycles. The molecule has 0 N–H and O–H groups in total. The van der Waals surface area contributed by atoms with Crippen LogP contribution in [0.3, 0.4) is 0 Å². The zero-order chi connectivity index (χ0) is 21.8. The number of rotatable bonds is 14. The van der Waals surface area contributed by atoms with E-state index < -0.39 is 0 Å². The van der Waals surface area contributed by atoms with Gasteiger partial charge in [0.05, 0.1) is 0 Å². The van der Waals surface area contributed by atoms with Crippen molar-refractivity contribution in [2.45, 2.75) is 72.6 Å². The summed E-state index contributed by atoms with van der Waals surface area (Å²) in [6.07, 6.45) is 17.7. The van der Waals surface area contributed by atoms with Crippen molar-refractivity contribution in [2.75, 3.05) is 27.2 Å². The van der Waals surface area contributed by atoms with Gasteiger partial charge in [-0.1, -0.05) is 69.6 Å². The third kappa shape index (κ3) is 11.2. The Kier molecular flexibility index (Phi) is 11.8. The molecule has 0 saturated heterocycles. The summed E-state index contributed by atoms with van der Waals surface area (Å²) in [5, 5.41) is 0. The SMILES string of the molecule is C=C(C)/C=C\C(=C)N(C)CCC(C)CCCC(C)CCN(C)C1=CC=C(C)CC1. The number of nitrogens with zero attached hydrogens (tertiary/aromatic N) is 2. The van der Waals surface area contributed by atoms with Crippen molar-refractivity contribution >= 4 is 0 Å². The summed E-state index contributed by atoms with van der Waals surface area (Å²) in [4.78, 5) is 4.72. The Labute approximate surface area is 181 Å². The van der Waals surface area contributed by atoms with Crippen molar-refractivity contribution < 1.29 is 0 Å². The Morgan fingerprint density at radius 2 is 1.59 bits per heavy atom. The van der Waals surface area contributed by atoms with E-state index in [1.807, 2.05) is 13.0 Å². The Morgan fingerprint density at radius 1 is 0.966 bits per heavy atom. The fourth-order valence-corrected chi connectivity index (χ4v) is 3.63. The summed E-state index contributed by atoms with van der Waals surface area (Å²) in [6, 6.07) is 0. The minimum Gasteiger partial charge on any atom is -0.378 e. The van der Waals surface area contributed by atoms with E-state index in [0.717, 1.165) is 29.7 Å². The van der Waals surface area contributed by atoms with Crippen LogP contribution in [0.1, 0.15) is 72.6 Å². The fourth-order valence-electron chi connectivity index (χ4n) is 3.63. The second kappa shape index (κ2) is 13.5. The normalized spacial score (nSPS) is 16.2. The number of hydrogen-bond donors (Lipinski definition) is 0. The standard InChI is InChI=1S/C27H46N2/c1-22(2)12-15-26(6)28(7)20-18-23(3)10-9-11-24(4)19-21-29(8)27-16-13-25(5)14-17-27/h12-13,15-16,23-24H,1,6,9-11,14,17-21H2,2-5,7-8H3/b15-12-. The summed E-state index contributed by atoms with van der Waals surface area (Å²) in [5.41, 5.74) is 5.14. The largest absolute Gasteiger partial charge is 0.378 e. The second-order valence-corrected chi connectivity index (χ2v) is 9.40. The lowest BCUT2D eigenvalue weighted by Crippen LogP contribution is -2.21. The molecule has 1 aliphatic carbocycles. The van der Waals surface area contributed by atoms with Gasteiger partial charge in [0.2, 0.25) is 0 Å². The van der Waals surface area contributed by atoms with Gasteiger partial charge in [-0.25, -0.2) is 0 Å². The molecular formula is C27H46N2. The van der Waals surface area contributed by atoms with Crippen LogP contribution in [-0.4, -0.2) is 37.0 Å². The minimum absolute atomic E-state index is 0.771. The minimum atomic E-state index is 0.771. The van der Waals surface area contributed by atoms with Crippen molar-refractivity contribution in [3.63, 3.8) is 0 Å². The zero-order valence-corrected chi connectivity index (χ0v) is 20.1. The van der Waals surface area contributed by atoms with Crippen LogP contribution in [-0.2, 0) is 0 Å². The van der Waals surface area contributed by atoms with Crippen molar-refractivity contribution in [3.8, 4) is 0 Å². The smallest absolute Gasteiger partial charge is 0.0290 e. The topological polar surface area (TPSA) is 6.48 Å². The highest BCUT2D eigenvalue weighted by Crippen LogP contribution is 2.22. The highest BCUT2D eigenvalue weighted by molar-refractivity contribution is 5.22. The van der Waals surface area contributed by atoms with E-state index in [4.69, 9.17) is 0 Å². The Morgan fingerprint density at radius 3 is 2.14 bits per heavy atom. The number of hydrogen-bond acceptors (Lipinski definition) is 2. The maximum Gasteiger partial charge on any atom is 0.0290 e. The first-order valence-electron chi connectivity index (χ1n) is 11.5. The third-order valence-corrected chi connectivity index (χ3v) is 6.19. The quantitative estimate of drug-likeness (QED) is 0.282. The average Bonchev–Trinajstić information content (AvgIpc) is 2.68. The van der Waals surface area contributed by atoms with E-state index in [0.29, 0.717) is 0 Å². The molecule has 2 nitrogen and oxygen atoms in total. The van der Waals surface area contributed by atoms with Crippen LogP contribution >= 0.6 is 0 Å². The maximum atomic E-state index is 4.15. The van der Waals surface area contributed by atoms with E-state index in [2.05, 4.69) is 76.1 Å². The number of allylic oxidation sites excluding steroid dienone is 7. The van der Waals surface area contributed by atoms with Gasteiger partial charge >= 0.3 is 0 Å². The van der Waals surface area contributed by atoms with Gasteiger partial charge < -0.3 is 9.80 Å². The molecular weight excluding hydrogens is 352 g/mol. The molecule has 0 saturated carbocycles. The van der Waals surface area contributed by atoms with Crippen LogP contribution in [0.25, 0.3) is 0 Å². The van der Waals surface area contributed by atoms with Crippen LogP contribution in [0.5, 0.6) is 0 Å². The molecule has 0 radical (unpaired) electrons. The molecule has 0 spiro atoms. The summed E-state index contributed by atoms with van der Waals surface area (Å²) >= 11 is 0. The van der Waals surface area contributed by atoms with Gasteiger partial charge in [-0.05, 0) is 63.5 Å². The molecule has 0 aromatic heterocycles. The predicted octanol–water partition coefficient (Wildman–Crippen LogP) is 7.34. The molecule has 2 atom stereocenters. The lowest BCUT2D eigenvalue weighted by molar-refractivity contribution is 0.327. The van der Waals surface area contributed by atoms with Crippen molar-refractivity contribution in [3.05, 3.63) is 60.0 Å². The highest BCUT2D eigenvalue weighted by atomic mass is 15.1. The highest BCUT2D eigenvalue weighted by Gasteiger charge is 2.11. The van der Waals surface area contributed by atoms with E-state index >= 15 is 0 Å². The third-order valence-electron chi connectivity index (χ3n) is 6.19. The van der Waals surface area contributed by atoms with Crippen LogP contribution in [0.15, 0.2) is 60.0 Å². The van der Waals surface area contributed by atoms with Crippen LogP contribution in [0.2, 0.25) is 0 Å². The molecule has 29 heavy (non-hydrogen) atoms. The fraction of sp³-hybridized carbons (Fsp3) is 0.630. The van der Waals surface area contributed by atoms with Crippen molar-refractivity contribution in [2.24, 2.45) is 11.8 Å². The van der Waals surface area contributed by atoms with Gasteiger partial charge in [0.15, 0.2) is 0 Å². The first kappa shape index (κ1) is 25.3. The Bertz CT molecular complexity index is 608. The monoisotopic (exact) mass is 398 g/mol. The lowest BCUT2D eigenvalue weighted by atomic mass is 9.94. The molecule has 164 valence electrons.